The van der Waals surface area contributed by atoms with Gasteiger partial charge in [0.1, 0.15) is 6.10 Å². The summed E-state index contributed by atoms with van der Waals surface area (Å²) in [6, 6.07) is 9.44. The Kier molecular flexibility index (Phi) is 5.53. The fraction of sp³-hybridized carbons (Fsp3) is 0.571. The van der Waals surface area contributed by atoms with Crippen LogP contribution >= 0.6 is 0 Å². The van der Waals surface area contributed by atoms with Crippen molar-refractivity contribution in [2.24, 2.45) is 11.8 Å². The van der Waals surface area contributed by atoms with Crippen molar-refractivity contribution in [2.45, 2.75) is 64.4 Å². The summed E-state index contributed by atoms with van der Waals surface area (Å²) >= 11 is 0. The van der Waals surface area contributed by atoms with Crippen LogP contribution in [0.1, 0.15) is 68.6 Å². The number of hydrogen-bond acceptors (Lipinski definition) is 2. The van der Waals surface area contributed by atoms with Gasteiger partial charge in [0.2, 0.25) is 0 Å². The largest absolute Gasteiger partial charge is 0.458 e. The number of hydrogen-bond donors (Lipinski definition) is 0. The predicted molar refractivity (Wildman–Crippen MR) is 93.3 cm³/mol. The van der Waals surface area contributed by atoms with Crippen LogP contribution in [0.25, 0.3) is 0 Å². The van der Waals surface area contributed by atoms with Crippen LogP contribution in [0.5, 0.6) is 0 Å². The molecule has 0 aromatic heterocycles. The van der Waals surface area contributed by atoms with Crippen molar-refractivity contribution in [1.82, 2.24) is 0 Å². The van der Waals surface area contributed by atoms with Crippen LogP contribution in [0, 0.1) is 11.8 Å². The van der Waals surface area contributed by atoms with Crippen molar-refractivity contribution >= 4 is 5.97 Å². The highest BCUT2D eigenvalue weighted by atomic mass is 16.5. The lowest BCUT2D eigenvalue weighted by Gasteiger charge is -2.36. The second-order valence-corrected chi connectivity index (χ2v) is 7.22. The number of esters is 1. The lowest BCUT2D eigenvalue weighted by atomic mass is 9.76. The smallest absolute Gasteiger partial charge is 0.338 e. The molecule has 2 nitrogen and oxygen atoms in total. The van der Waals surface area contributed by atoms with E-state index < -0.39 is 0 Å². The molecule has 2 aliphatic rings. The number of benzene rings is 1. The van der Waals surface area contributed by atoms with E-state index in [4.69, 9.17) is 4.74 Å². The van der Waals surface area contributed by atoms with E-state index in [0.29, 0.717) is 17.4 Å². The molecule has 1 aromatic rings. The molecule has 0 bridgehead atoms. The second-order valence-electron chi connectivity index (χ2n) is 7.22. The van der Waals surface area contributed by atoms with Crippen LogP contribution in [-0.4, -0.2) is 12.1 Å². The summed E-state index contributed by atoms with van der Waals surface area (Å²) in [6.45, 7) is 2.21. The molecule has 0 saturated heterocycles. The first kappa shape index (κ1) is 16.3. The minimum atomic E-state index is -0.146. The summed E-state index contributed by atoms with van der Waals surface area (Å²) in [6.07, 6.45) is 12.1. The van der Waals surface area contributed by atoms with Crippen molar-refractivity contribution in [3.05, 3.63) is 47.5 Å². The molecule has 0 spiro atoms. The van der Waals surface area contributed by atoms with E-state index in [1.807, 2.05) is 30.3 Å². The van der Waals surface area contributed by atoms with Crippen LogP contribution in [0.3, 0.4) is 0 Å². The Morgan fingerprint density at radius 2 is 1.78 bits per heavy atom. The van der Waals surface area contributed by atoms with Gasteiger partial charge in [0, 0.05) is 0 Å². The maximum absolute atomic E-state index is 12.6. The molecular weight excluding hydrogens is 284 g/mol. The van der Waals surface area contributed by atoms with Crippen molar-refractivity contribution in [2.75, 3.05) is 0 Å². The van der Waals surface area contributed by atoms with E-state index in [-0.39, 0.29) is 12.1 Å². The normalized spacial score (nSPS) is 23.9. The van der Waals surface area contributed by atoms with Crippen LogP contribution in [0.15, 0.2) is 42.0 Å². The Morgan fingerprint density at radius 3 is 2.43 bits per heavy atom. The van der Waals surface area contributed by atoms with Gasteiger partial charge < -0.3 is 4.74 Å². The Bertz CT molecular complexity index is 540. The highest BCUT2D eigenvalue weighted by molar-refractivity contribution is 5.89. The SMILES string of the molecule is CC1=CCC(C(OC(=O)c2ccccc2)C2CCCCC2)CC1. The molecule has 124 valence electrons. The minimum absolute atomic E-state index is 0.0901. The first-order valence-corrected chi connectivity index (χ1v) is 9.15. The third-order valence-corrected chi connectivity index (χ3v) is 5.51. The van der Waals surface area contributed by atoms with Gasteiger partial charge in [-0.2, -0.15) is 0 Å². The summed E-state index contributed by atoms with van der Waals surface area (Å²) in [5.41, 5.74) is 2.16. The molecule has 2 unspecified atom stereocenters. The lowest BCUT2D eigenvalue weighted by molar-refractivity contribution is -0.0179. The van der Waals surface area contributed by atoms with E-state index in [0.717, 1.165) is 19.3 Å². The first-order valence-electron chi connectivity index (χ1n) is 9.15. The molecule has 3 rings (SSSR count). The maximum Gasteiger partial charge on any atom is 0.338 e. The molecule has 1 saturated carbocycles. The van der Waals surface area contributed by atoms with Crippen LogP contribution in [-0.2, 0) is 4.74 Å². The highest BCUT2D eigenvalue weighted by Crippen LogP contribution is 2.37. The molecule has 0 N–H and O–H groups in total. The molecule has 23 heavy (non-hydrogen) atoms. The van der Waals surface area contributed by atoms with Crippen molar-refractivity contribution < 1.29 is 9.53 Å². The Labute approximate surface area is 139 Å². The minimum Gasteiger partial charge on any atom is -0.458 e. The van der Waals surface area contributed by atoms with Gasteiger partial charge in [-0.25, -0.2) is 4.79 Å². The lowest BCUT2D eigenvalue weighted by Crippen LogP contribution is -2.36. The molecule has 0 aliphatic heterocycles. The average molecular weight is 312 g/mol. The standard InChI is InChI=1S/C21H28O2/c1-16-12-14-18(15-13-16)20(17-8-4-2-5-9-17)23-21(22)19-10-6-3-7-11-19/h3,6-7,10-12,17-18,20H,2,4-5,8-9,13-15H2,1H3. The molecule has 0 heterocycles. The predicted octanol–water partition coefficient (Wildman–Crippen LogP) is 5.54. The molecule has 2 aliphatic carbocycles. The van der Waals surface area contributed by atoms with Crippen molar-refractivity contribution in [3.8, 4) is 0 Å². The zero-order valence-electron chi connectivity index (χ0n) is 14.2. The molecule has 2 heteroatoms. The summed E-state index contributed by atoms with van der Waals surface area (Å²) in [7, 11) is 0. The van der Waals surface area contributed by atoms with Crippen LogP contribution < -0.4 is 0 Å². The Morgan fingerprint density at radius 1 is 1.04 bits per heavy atom. The van der Waals surface area contributed by atoms with E-state index in [1.54, 1.807) is 0 Å². The van der Waals surface area contributed by atoms with Crippen LogP contribution in [0.4, 0.5) is 0 Å². The third-order valence-electron chi connectivity index (χ3n) is 5.51. The van der Waals surface area contributed by atoms with E-state index in [9.17, 15) is 4.79 Å². The number of ether oxygens (including phenoxy) is 1. The number of rotatable bonds is 4. The fourth-order valence-electron chi connectivity index (χ4n) is 4.09. The van der Waals surface area contributed by atoms with Gasteiger partial charge in [-0.05, 0) is 63.0 Å². The molecule has 0 radical (unpaired) electrons. The van der Waals surface area contributed by atoms with Crippen LogP contribution in [0.2, 0.25) is 0 Å². The monoisotopic (exact) mass is 312 g/mol. The van der Waals surface area contributed by atoms with Gasteiger partial charge in [-0.1, -0.05) is 49.1 Å². The van der Waals surface area contributed by atoms with Gasteiger partial charge in [0.15, 0.2) is 0 Å². The molecule has 1 fully saturated rings. The Hall–Kier alpha value is -1.57. The van der Waals surface area contributed by atoms with Gasteiger partial charge in [0.05, 0.1) is 5.56 Å². The summed E-state index contributed by atoms with van der Waals surface area (Å²) in [5, 5.41) is 0. The molecule has 1 aromatic carbocycles. The average Bonchev–Trinajstić information content (AvgIpc) is 2.62. The van der Waals surface area contributed by atoms with Gasteiger partial charge in [0.25, 0.3) is 0 Å². The number of carbonyl (C=O) groups excluding carboxylic acids is 1. The fourth-order valence-corrected chi connectivity index (χ4v) is 4.09. The van der Waals surface area contributed by atoms with Crippen molar-refractivity contribution in [3.63, 3.8) is 0 Å². The van der Waals surface area contributed by atoms with Gasteiger partial charge >= 0.3 is 5.97 Å². The number of allylic oxidation sites excluding steroid dienone is 2. The van der Waals surface area contributed by atoms with Gasteiger partial charge in [-0.3, -0.25) is 0 Å². The first-order chi connectivity index (χ1) is 11.2. The van der Waals surface area contributed by atoms with E-state index in [1.165, 1.54) is 37.7 Å². The maximum atomic E-state index is 12.6. The van der Waals surface area contributed by atoms with Gasteiger partial charge in [-0.15, -0.1) is 0 Å². The zero-order valence-corrected chi connectivity index (χ0v) is 14.2. The van der Waals surface area contributed by atoms with Crippen molar-refractivity contribution in [1.29, 1.82) is 0 Å². The zero-order chi connectivity index (χ0) is 16.1. The molecule has 2 atom stereocenters. The van der Waals surface area contributed by atoms with E-state index in [2.05, 4.69) is 13.0 Å². The summed E-state index contributed by atoms with van der Waals surface area (Å²) < 4.78 is 6.08. The highest BCUT2D eigenvalue weighted by Gasteiger charge is 2.34. The van der Waals surface area contributed by atoms with E-state index >= 15 is 0 Å². The topological polar surface area (TPSA) is 26.3 Å². The summed E-state index contributed by atoms with van der Waals surface area (Å²) in [5.74, 6) is 0.898. The molecule has 0 amide bonds. The number of carbonyl (C=O) groups is 1. The second kappa shape index (κ2) is 7.81. The summed E-state index contributed by atoms with van der Waals surface area (Å²) in [4.78, 5) is 12.6. The molecular formula is C21H28O2. The Balaban J connectivity index is 1.73. The third kappa shape index (κ3) is 4.25. The quantitative estimate of drug-likeness (QED) is 0.539.